The fraction of sp³-hybridized carbons (Fsp3) is 0.562. The maximum atomic E-state index is 4.51. The Bertz CT molecular complexity index is 617. The highest BCUT2D eigenvalue weighted by Crippen LogP contribution is 2.24. The zero-order valence-electron chi connectivity index (χ0n) is 13.1. The van der Waals surface area contributed by atoms with Gasteiger partial charge < -0.3 is 4.90 Å². The molecule has 0 saturated heterocycles. The molecule has 0 atom stereocenters. The molecule has 5 heteroatoms. The minimum atomic E-state index is 0.415. The van der Waals surface area contributed by atoms with Crippen LogP contribution >= 0.6 is 0 Å². The van der Waals surface area contributed by atoms with Crippen LogP contribution < -0.4 is 4.90 Å². The van der Waals surface area contributed by atoms with Crippen LogP contribution in [0.25, 0.3) is 0 Å². The van der Waals surface area contributed by atoms with Crippen LogP contribution in [-0.4, -0.2) is 27.2 Å². The molecule has 1 aliphatic carbocycles. The van der Waals surface area contributed by atoms with Gasteiger partial charge >= 0.3 is 0 Å². The fourth-order valence-electron chi connectivity index (χ4n) is 2.87. The number of rotatable bonds is 4. The largest absolute Gasteiger partial charge is 0.354 e. The molecule has 0 aromatic carbocycles. The lowest BCUT2D eigenvalue weighted by atomic mass is 9.96. The van der Waals surface area contributed by atoms with E-state index in [0.29, 0.717) is 5.92 Å². The number of aromatic amines is 1. The van der Waals surface area contributed by atoms with Crippen molar-refractivity contribution in [1.29, 1.82) is 0 Å². The zero-order valence-corrected chi connectivity index (χ0v) is 13.1. The number of aromatic nitrogens is 4. The molecule has 0 radical (unpaired) electrons. The molecule has 0 amide bonds. The van der Waals surface area contributed by atoms with Crippen LogP contribution in [0.2, 0.25) is 0 Å². The number of aryl methyl sites for hydroxylation is 1. The number of fused-ring (bicyclic) bond motifs is 1. The summed E-state index contributed by atoms with van der Waals surface area (Å²) in [5.41, 5.74) is 4.99. The molecule has 3 rings (SSSR count). The molecule has 2 heterocycles. The van der Waals surface area contributed by atoms with Crippen molar-refractivity contribution in [1.82, 2.24) is 20.2 Å². The molecule has 0 spiro atoms. The Morgan fingerprint density at radius 2 is 2.05 bits per heavy atom. The third kappa shape index (κ3) is 2.91. The predicted octanol–water partition coefficient (Wildman–Crippen LogP) is 2.84. The van der Waals surface area contributed by atoms with Gasteiger partial charge in [-0.1, -0.05) is 13.8 Å². The average molecular weight is 285 g/mol. The van der Waals surface area contributed by atoms with Gasteiger partial charge in [-0.2, -0.15) is 5.10 Å². The number of hydrogen-bond acceptors (Lipinski definition) is 4. The van der Waals surface area contributed by atoms with E-state index < -0.39 is 0 Å². The Morgan fingerprint density at radius 1 is 1.24 bits per heavy atom. The topological polar surface area (TPSA) is 57.7 Å². The van der Waals surface area contributed by atoms with Gasteiger partial charge in [0.1, 0.15) is 12.1 Å². The summed E-state index contributed by atoms with van der Waals surface area (Å²) in [4.78, 5) is 10.9. The highest BCUT2D eigenvalue weighted by Gasteiger charge is 2.18. The summed E-state index contributed by atoms with van der Waals surface area (Å²) in [5, 5.41) is 7.71. The predicted molar refractivity (Wildman–Crippen MR) is 83.5 cm³/mol. The van der Waals surface area contributed by atoms with Crippen LogP contribution in [-0.2, 0) is 19.4 Å². The van der Waals surface area contributed by atoms with Gasteiger partial charge in [-0.3, -0.25) is 5.10 Å². The summed E-state index contributed by atoms with van der Waals surface area (Å²) in [6, 6.07) is 2.07. The smallest absolute Gasteiger partial charge is 0.132 e. The Kier molecular flexibility index (Phi) is 3.90. The first kappa shape index (κ1) is 14.0. The first-order chi connectivity index (χ1) is 10.1. The third-order valence-corrected chi connectivity index (χ3v) is 4.19. The molecule has 0 saturated carbocycles. The minimum Gasteiger partial charge on any atom is -0.354 e. The van der Waals surface area contributed by atoms with Crippen molar-refractivity contribution < 1.29 is 0 Å². The Hall–Kier alpha value is -1.91. The molecule has 112 valence electrons. The number of nitrogens with one attached hydrogen (secondary N) is 1. The van der Waals surface area contributed by atoms with Crippen LogP contribution in [0.5, 0.6) is 0 Å². The van der Waals surface area contributed by atoms with Crippen LogP contribution in [0.1, 0.15) is 55.3 Å². The number of nitrogens with zero attached hydrogens (tertiary/aromatic N) is 4. The number of hydrogen-bond donors (Lipinski definition) is 1. The van der Waals surface area contributed by atoms with Gasteiger partial charge in [-0.05, 0) is 37.2 Å². The van der Waals surface area contributed by atoms with E-state index in [2.05, 4.69) is 52.0 Å². The van der Waals surface area contributed by atoms with Crippen molar-refractivity contribution in [2.45, 2.75) is 52.0 Å². The van der Waals surface area contributed by atoms with E-state index in [4.69, 9.17) is 0 Å². The first-order valence-corrected chi connectivity index (χ1v) is 7.73. The van der Waals surface area contributed by atoms with Gasteiger partial charge in [0.15, 0.2) is 0 Å². The molecule has 0 fully saturated rings. The van der Waals surface area contributed by atoms with Gasteiger partial charge in [-0.15, -0.1) is 0 Å². The summed E-state index contributed by atoms with van der Waals surface area (Å²) in [6.45, 7) is 5.09. The maximum Gasteiger partial charge on any atom is 0.132 e. The second-order valence-corrected chi connectivity index (χ2v) is 6.15. The summed E-state index contributed by atoms with van der Waals surface area (Å²) in [7, 11) is 2.07. The molecule has 1 N–H and O–H groups in total. The van der Waals surface area contributed by atoms with Crippen molar-refractivity contribution >= 4 is 5.82 Å². The van der Waals surface area contributed by atoms with E-state index in [0.717, 1.165) is 36.6 Å². The van der Waals surface area contributed by atoms with Crippen molar-refractivity contribution in [2.75, 3.05) is 11.9 Å². The van der Waals surface area contributed by atoms with Crippen LogP contribution in [0.15, 0.2) is 12.4 Å². The molecule has 5 nitrogen and oxygen atoms in total. The molecule has 0 unspecified atom stereocenters. The van der Waals surface area contributed by atoms with E-state index in [9.17, 15) is 0 Å². The summed E-state index contributed by atoms with van der Waals surface area (Å²) in [6.07, 6.45) is 6.48. The highest BCUT2D eigenvalue weighted by molar-refractivity contribution is 5.40. The van der Waals surface area contributed by atoms with Gasteiger partial charge in [0.05, 0.1) is 12.2 Å². The van der Waals surface area contributed by atoms with E-state index in [1.54, 1.807) is 6.33 Å². The molecular weight excluding hydrogens is 262 g/mol. The normalized spacial score (nSPS) is 14.3. The monoisotopic (exact) mass is 285 g/mol. The molecule has 2 aromatic rings. The van der Waals surface area contributed by atoms with E-state index in [1.165, 1.54) is 24.1 Å². The first-order valence-electron chi connectivity index (χ1n) is 7.73. The quantitative estimate of drug-likeness (QED) is 0.938. The zero-order chi connectivity index (χ0) is 14.8. The number of anilines is 1. The minimum absolute atomic E-state index is 0.415. The summed E-state index contributed by atoms with van der Waals surface area (Å²) < 4.78 is 0. The van der Waals surface area contributed by atoms with Crippen LogP contribution in [0, 0.1) is 0 Å². The molecule has 2 aromatic heterocycles. The van der Waals surface area contributed by atoms with Crippen LogP contribution in [0.3, 0.4) is 0 Å². The third-order valence-electron chi connectivity index (χ3n) is 4.19. The molecule has 21 heavy (non-hydrogen) atoms. The number of H-pyrrole nitrogens is 1. The standard InChI is InChI=1S/C16H23N5/c1-11(2)14-8-16(18-10-17-14)21(3)9-15-12-6-4-5-7-13(12)19-20-15/h8,10-11H,4-7,9H2,1-3H3,(H,19,20). The van der Waals surface area contributed by atoms with Crippen molar-refractivity contribution in [3.8, 4) is 0 Å². The molecule has 0 aliphatic heterocycles. The lowest BCUT2D eigenvalue weighted by molar-refractivity contribution is 0.671. The average Bonchev–Trinajstić information content (AvgIpc) is 2.91. The lowest BCUT2D eigenvalue weighted by Crippen LogP contribution is -2.19. The van der Waals surface area contributed by atoms with Crippen molar-refractivity contribution in [3.05, 3.63) is 35.0 Å². The van der Waals surface area contributed by atoms with E-state index >= 15 is 0 Å². The fourth-order valence-corrected chi connectivity index (χ4v) is 2.87. The van der Waals surface area contributed by atoms with Crippen LogP contribution in [0.4, 0.5) is 5.82 Å². The lowest BCUT2D eigenvalue weighted by Gasteiger charge is -2.19. The summed E-state index contributed by atoms with van der Waals surface area (Å²) >= 11 is 0. The highest BCUT2D eigenvalue weighted by atomic mass is 15.2. The Labute approximate surface area is 125 Å². The second kappa shape index (κ2) is 5.84. The van der Waals surface area contributed by atoms with Gasteiger partial charge in [0.25, 0.3) is 0 Å². The van der Waals surface area contributed by atoms with E-state index in [-0.39, 0.29) is 0 Å². The Balaban J connectivity index is 1.78. The SMILES string of the molecule is CC(C)c1cc(N(C)Cc2n[nH]c3c2CCCC3)ncn1. The Morgan fingerprint density at radius 3 is 2.86 bits per heavy atom. The van der Waals surface area contributed by atoms with Gasteiger partial charge in [-0.25, -0.2) is 9.97 Å². The van der Waals surface area contributed by atoms with E-state index in [1.807, 2.05) is 0 Å². The van der Waals surface area contributed by atoms with Crippen molar-refractivity contribution in [2.24, 2.45) is 0 Å². The molecule has 0 bridgehead atoms. The van der Waals surface area contributed by atoms with Crippen molar-refractivity contribution in [3.63, 3.8) is 0 Å². The van der Waals surface area contributed by atoms with Gasteiger partial charge in [0.2, 0.25) is 0 Å². The molecule has 1 aliphatic rings. The summed E-state index contributed by atoms with van der Waals surface area (Å²) in [5.74, 6) is 1.37. The van der Waals surface area contributed by atoms with Gasteiger partial charge in [0, 0.05) is 24.5 Å². The molecular formula is C16H23N5. The maximum absolute atomic E-state index is 4.51. The second-order valence-electron chi connectivity index (χ2n) is 6.15.